The van der Waals surface area contributed by atoms with Crippen molar-refractivity contribution in [1.29, 1.82) is 0 Å². The predicted octanol–water partition coefficient (Wildman–Crippen LogP) is 2.68. The summed E-state index contributed by atoms with van der Waals surface area (Å²) in [7, 11) is 3.60. The number of hydrogen-bond acceptors (Lipinski definition) is 2. The molecule has 70 valence electrons. The Bertz CT molecular complexity index is 72.8. The Morgan fingerprint density at radius 1 is 1.09 bits per heavy atom. The van der Waals surface area contributed by atoms with Crippen molar-refractivity contribution in [3.05, 3.63) is 0 Å². The molecular formula is C7H19ClNOP. The molecule has 11 heavy (non-hydrogen) atoms. The van der Waals surface area contributed by atoms with E-state index in [1.165, 1.54) is 0 Å². The predicted molar refractivity (Wildman–Crippen MR) is 54.7 cm³/mol. The molecule has 0 N–H and O–H groups in total. The molecule has 0 heterocycles. The quantitative estimate of drug-likeness (QED) is 0.512. The summed E-state index contributed by atoms with van der Waals surface area (Å²) in [5, 5.41) is 1.96. The van der Waals surface area contributed by atoms with E-state index in [-0.39, 0.29) is 0 Å². The van der Waals surface area contributed by atoms with Crippen LogP contribution >= 0.6 is 19.8 Å². The van der Waals surface area contributed by atoms with Gasteiger partial charge in [-0.3, -0.25) is 0 Å². The molecule has 0 aromatic rings. The van der Waals surface area contributed by atoms with E-state index < -0.39 is 0 Å². The molecule has 0 saturated carbocycles. The molecule has 0 aliphatic carbocycles. The van der Waals surface area contributed by atoms with Crippen molar-refractivity contribution < 1.29 is 4.84 Å². The minimum absolute atomic E-state index is 0.468. The van der Waals surface area contributed by atoms with Crippen LogP contribution in [0.3, 0.4) is 0 Å². The van der Waals surface area contributed by atoms with Crippen LogP contribution in [0, 0.1) is 0 Å². The third-order valence-electron chi connectivity index (χ3n) is 1.23. The van der Waals surface area contributed by atoms with Crippen LogP contribution < -0.4 is 0 Å². The molecular weight excluding hydrogens is 181 g/mol. The van der Waals surface area contributed by atoms with Crippen LogP contribution in [-0.4, -0.2) is 24.3 Å². The van der Waals surface area contributed by atoms with E-state index in [1.54, 1.807) is 7.11 Å². The van der Waals surface area contributed by atoms with Gasteiger partial charge in [0.2, 0.25) is 0 Å². The Morgan fingerprint density at radius 2 is 1.36 bits per heavy atom. The van der Waals surface area contributed by atoms with Gasteiger partial charge < -0.3 is 4.84 Å². The Kier molecular flexibility index (Phi) is 11.3. The van der Waals surface area contributed by atoms with Gasteiger partial charge in [0.05, 0.1) is 7.11 Å². The normalized spacial score (nSPS) is 10.4. The molecule has 0 radical (unpaired) electrons. The van der Waals surface area contributed by atoms with Gasteiger partial charge in [-0.2, -0.15) is 5.06 Å². The van der Waals surface area contributed by atoms with Crippen molar-refractivity contribution in [3.8, 4) is 0 Å². The third-order valence-corrected chi connectivity index (χ3v) is 1.23. The molecule has 0 aliphatic heterocycles. The summed E-state index contributed by atoms with van der Waals surface area (Å²) in [6.45, 7) is 8.46. The highest BCUT2D eigenvalue weighted by Crippen LogP contribution is 2.02. The standard InChI is InChI=1S/C7H17NO.ClH2P/c1-6(2)8(9-5)7(3)4;1-2/h6-7H,1-5H3;2H2. The van der Waals surface area contributed by atoms with Crippen molar-refractivity contribution in [2.75, 3.05) is 7.11 Å². The first-order valence-corrected chi connectivity index (χ1v) is 5.38. The zero-order valence-corrected chi connectivity index (χ0v) is 9.88. The van der Waals surface area contributed by atoms with E-state index in [9.17, 15) is 0 Å². The highest BCUT2D eigenvalue weighted by molar-refractivity contribution is 7.52. The van der Waals surface area contributed by atoms with Gasteiger partial charge in [-0.15, -0.1) is 11.2 Å². The molecule has 0 bridgehead atoms. The fourth-order valence-electron chi connectivity index (χ4n) is 1.02. The van der Waals surface area contributed by atoms with E-state index in [0.29, 0.717) is 12.1 Å². The first kappa shape index (κ1) is 14.2. The van der Waals surface area contributed by atoms with Gasteiger partial charge in [0.25, 0.3) is 0 Å². The van der Waals surface area contributed by atoms with Crippen LogP contribution in [0.25, 0.3) is 0 Å². The largest absolute Gasteiger partial charge is 0.302 e. The fourth-order valence-corrected chi connectivity index (χ4v) is 1.02. The maximum atomic E-state index is 5.11. The van der Waals surface area contributed by atoms with Crippen LogP contribution in [-0.2, 0) is 4.84 Å². The highest BCUT2D eigenvalue weighted by Gasteiger charge is 2.10. The highest BCUT2D eigenvalue weighted by atomic mass is 35.7. The zero-order valence-electron chi connectivity index (χ0n) is 7.97. The third kappa shape index (κ3) is 7.02. The summed E-state index contributed by atoms with van der Waals surface area (Å²) in [5.74, 6) is 0. The smallest absolute Gasteiger partial charge is 0.0575 e. The molecule has 2 nitrogen and oxygen atoms in total. The van der Waals surface area contributed by atoms with E-state index in [2.05, 4.69) is 38.9 Å². The summed E-state index contributed by atoms with van der Waals surface area (Å²) in [4.78, 5) is 5.11. The van der Waals surface area contributed by atoms with Gasteiger partial charge in [-0.05, 0) is 36.3 Å². The van der Waals surface area contributed by atoms with Crippen LogP contribution in [0.15, 0.2) is 0 Å². The first-order chi connectivity index (χ1) is 5.09. The van der Waals surface area contributed by atoms with Crippen LogP contribution in [0.1, 0.15) is 27.7 Å². The number of nitrogens with zero attached hydrogens (tertiary/aromatic N) is 1. The summed E-state index contributed by atoms with van der Waals surface area (Å²) in [5.41, 5.74) is 0. The number of hydroxylamine groups is 2. The molecule has 0 saturated heterocycles. The molecule has 0 aromatic heterocycles. The molecule has 1 atom stereocenters. The summed E-state index contributed by atoms with van der Waals surface area (Å²) < 4.78 is 0. The maximum absolute atomic E-state index is 5.11. The van der Waals surface area contributed by atoms with Gasteiger partial charge in [-0.25, -0.2) is 0 Å². The van der Waals surface area contributed by atoms with Crippen molar-refractivity contribution in [2.45, 2.75) is 39.8 Å². The zero-order chi connectivity index (χ0) is 9.44. The van der Waals surface area contributed by atoms with Gasteiger partial charge in [0.15, 0.2) is 0 Å². The van der Waals surface area contributed by atoms with Crippen molar-refractivity contribution in [2.24, 2.45) is 0 Å². The van der Waals surface area contributed by atoms with Crippen LogP contribution in [0.5, 0.6) is 0 Å². The molecule has 4 heteroatoms. The molecule has 0 aliphatic rings. The lowest BCUT2D eigenvalue weighted by molar-refractivity contribution is -0.174. The molecule has 0 aromatic carbocycles. The topological polar surface area (TPSA) is 12.5 Å². The van der Waals surface area contributed by atoms with Crippen molar-refractivity contribution >= 4 is 19.8 Å². The molecule has 0 rings (SSSR count). The average Bonchev–Trinajstić information content (AvgIpc) is 1.91. The monoisotopic (exact) mass is 199 g/mol. The summed E-state index contributed by atoms with van der Waals surface area (Å²) in [6, 6.07) is 0.935. The molecule has 0 fully saturated rings. The van der Waals surface area contributed by atoms with Crippen molar-refractivity contribution in [3.63, 3.8) is 0 Å². The number of rotatable bonds is 3. The number of halogens is 1. The van der Waals surface area contributed by atoms with E-state index in [0.717, 1.165) is 0 Å². The molecule has 0 amide bonds. The Morgan fingerprint density at radius 3 is 1.36 bits per heavy atom. The van der Waals surface area contributed by atoms with E-state index in [4.69, 9.17) is 4.84 Å². The minimum Gasteiger partial charge on any atom is -0.302 e. The second-order valence-electron chi connectivity index (χ2n) is 2.73. The molecule has 1 unspecified atom stereocenters. The van der Waals surface area contributed by atoms with Crippen molar-refractivity contribution in [1.82, 2.24) is 5.06 Å². The lowest BCUT2D eigenvalue weighted by atomic mass is 10.3. The number of hydrogen-bond donors (Lipinski definition) is 0. The Labute approximate surface area is 77.2 Å². The SMILES string of the molecule is CON(C(C)C)C(C)C.PCl. The van der Waals surface area contributed by atoms with Gasteiger partial charge in [0.1, 0.15) is 0 Å². The van der Waals surface area contributed by atoms with Crippen LogP contribution in [0.4, 0.5) is 0 Å². The minimum atomic E-state index is 0.468. The average molecular weight is 200 g/mol. The first-order valence-electron chi connectivity index (χ1n) is 3.63. The second-order valence-corrected chi connectivity index (χ2v) is 2.73. The summed E-state index contributed by atoms with van der Waals surface area (Å²) >= 11 is 4.56. The van der Waals surface area contributed by atoms with Gasteiger partial charge >= 0.3 is 0 Å². The van der Waals surface area contributed by atoms with E-state index in [1.807, 2.05) is 13.7 Å². The molecule has 0 spiro atoms. The lowest BCUT2D eigenvalue weighted by Gasteiger charge is -2.27. The maximum Gasteiger partial charge on any atom is 0.0575 e. The summed E-state index contributed by atoms with van der Waals surface area (Å²) in [6.07, 6.45) is 0. The second kappa shape index (κ2) is 8.73. The van der Waals surface area contributed by atoms with E-state index >= 15 is 0 Å². The Balaban J connectivity index is 0. The van der Waals surface area contributed by atoms with Crippen LogP contribution in [0.2, 0.25) is 0 Å². The lowest BCUT2D eigenvalue weighted by Crippen LogP contribution is -2.35. The van der Waals surface area contributed by atoms with Gasteiger partial charge in [-0.1, -0.05) is 0 Å². The fraction of sp³-hybridized carbons (Fsp3) is 1.00. The van der Waals surface area contributed by atoms with Gasteiger partial charge in [0, 0.05) is 12.1 Å². The Hall–Kier alpha value is 0.640.